The minimum absolute atomic E-state index is 0.0985. The molecule has 2 fully saturated rings. The summed E-state index contributed by atoms with van der Waals surface area (Å²) in [6.07, 6.45) is 3.54. The molecule has 3 rings (SSSR count). The molecule has 2 N–H and O–H groups in total. The van der Waals surface area contributed by atoms with Gasteiger partial charge in [0.15, 0.2) is 0 Å². The predicted octanol–water partition coefficient (Wildman–Crippen LogP) is 2.34. The van der Waals surface area contributed by atoms with Gasteiger partial charge in [0.25, 0.3) is 0 Å². The second-order valence-corrected chi connectivity index (χ2v) is 9.85. The van der Waals surface area contributed by atoms with Crippen molar-refractivity contribution in [3.63, 3.8) is 0 Å². The molecular weight excluding hydrogens is 416 g/mol. The molecule has 1 amide bonds. The molecule has 2 aliphatic rings. The second kappa shape index (κ2) is 10.5. The molecule has 170 valence electrons. The number of hydrogen-bond acceptors (Lipinski definition) is 6. The van der Waals surface area contributed by atoms with Gasteiger partial charge in [0, 0.05) is 6.54 Å². The van der Waals surface area contributed by atoms with Gasteiger partial charge in [0.1, 0.15) is 12.1 Å². The van der Waals surface area contributed by atoms with Crippen LogP contribution in [0.15, 0.2) is 30.3 Å². The molecule has 8 heteroatoms. The summed E-state index contributed by atoms with van der Waals surface area (Å²) in [7, 11) is 1.33. The van der Waals surface area contributed by atoms with E-state index in [9.17, 15) is 19.5 Å². The summed E-state index contributed by atoms with van der Waals surface area (Å²) in [5, 5.41) is 12.9. The Labute approximate surface area is 187 Å². The lowest BCUT2D eigenvalue weighted by Crippen LogP contribution is -2.53. The van der Waals surface area contributed by atoms with Gasteiger partial charge in [-0.1, -0.05) is 30.3 Å². The first kappa shape index (κ1) is 23.6. The predicted molar refractivity (Wildman–Crippen MR) is 120 cm³/mol. The van der Waals surface area contributed by atoms with Gasteiger partial charge < -0.3 is 14.7 Å². The topological polar surface area (TPSA) is 95.9 Å². The van der Waals surface area contributed by atoms with Gasteiger partial charge in [-0.25, -0.2) is 4.79 Å². The number of likely N-dealkylation sites (tertiary alicyclic amines) is 1. The monoisotopic (exact) mass is 448 g/mol. The minimum Gasteiger partial charge on any atom is -0.480 e. The van der Waals surface area contributed by atoms with Crippen molar-refractivity contribution in [1.82, 2.24) is 10.2 Å². The third-order valence-electron chi connectivity index (χ3n) is 6.50. The van der Waals surface area contributed by atoms with Crippen molar-refractivity contribution >= 4 is 29.6 Å². The highest BCUT2D eigenvalue weighted by Crippen LogP contribution is 2.45. The molecule has 31 heavy (non-hydrogen) atoms. The van der Waals surface area contributed by atoms with E-state index >= 15 is 0 Å². The van der Waals surface area contributed by atoms with E-state index in [1.807, 2.05) is 42.1 Å². The van der Waals surface area contributed by atoms with Gasteiger partial charge in [-0.15, -0.1) is 0 Å². The number of carbonyl (C=O) groups is 3. The van der Waals surface area contributed by atoms with E-state index in [1.54, 1.807) is 6.92 Å². The number of thioether (sulfide) groups is 1. The van der Waals surface area contributed by atoms with Crippen molar-refractivity contribution in [2.24, 2.45) is 5.41 Å². The summed E-state index contributed by atoms with van der Waals surface area (Å²) < 4.78 is 4.93. The molecule has 2 saturated heterocycles. The van der Waals surface area contributed by atoms with Crippen molar-refractivity contribution < 1.29 is 24.2 Å². The number of aliphatic carboxylic acids is 1. The van der Waals surface area contributed by atoms with Gasteiger partial charge in [-0.3, -0.25) is 14.9 Å². The Morgan fingerprint density at radius 1 is 1.26 bits per heavy atom. The van der Waals surface area contributed by atoms with Crippen molar-refractivity contribution in [2.75, 3.05) is 25.2 Å². The molecule has 3 atom stereocenters. The highest BCUT2D eigenvalue weighted by molar-refractivity contribution is 7.99. The normalized spacial score (nSPS) is 22.1. The number of nitrogens with one attached hydrogen (secondary N) is 1. The van der Waals surface area contributed by atoms with Crippen LogP contribution in [0, 0.1) is 5.41 Å². The maximum atomic E-state index is 13.2. The van der Waals surface area contributed by atoms with Crippen LogP contribution in [0.2, 0.25) is 0 Å². The number of esters is 1. The van der Waals surface area contributed by atoms with E-state index in [0.29, 0.717) is 25.8 Å². The van der Waals surface area contributed by atoms with Gasteiger partial charge in [-0.05, 0) is 61.5 Å². The number of rotatable bonds is 8. The van der Waals surface area contributed by atoms with Gasteiger partial charge in [0.05, 0.1) is 13.2 Å². The molecule has 0 aromatic heterocycles. The van der Waals surface area contributed by atoms with Crippen molar-refractivity contribution in [3.8, 4) is 0 Å². The first-order valence-corrected chi connectivity index (χ1v) is 12.0. The first-order chi connectivity index (χ1) is 14.8. The zero-order valence-corrected chi connectivity index (χ0v) is 19.0. The van der Waals surface area contributed by atoms with E-state index < -0.39 is 30.1 Å². The number of hydrogen-bond donors (Lipinski definition) is 2. The van der Waals surface area contributed by atoms with Crippen LogP contribution in [0.3, 0.4) is 0 Å². The van der Waals surface area contributed by atoms with E-state index in [4.69, 9.17) is 4.74 Å². The van der Waals surface area contributed by atoms with Crippen molar-refractivity contribution in [2.45, 2.75) is 57.2 Å². The maximum Gasteiger partial charge on any atom is 0.326 e. The van der Waals surface area contributed by atoms with Crippen LogP contribution in [0.5, 0.6) is 0 Å². The Morgan fingerprint density at radius 2 is 1.94 bits per heavy atom. The maximum absolute atomic E-state index is 13.2. The molecule has 2 aliphatic heterocycles. The fraction of sp³-hybridized carbons (Fsp3) is 0.609. The lowest BCUT2D eigenvalue weighted by molar-refractivity contribution is -0.150. The van der Waals surface area contributed by atoms with Crippen LogP contribution in [-0.2, 0) is 25.5 Å². The highest BCUT2D eigenvalue weighted by atomic mass is 32.2. The molecule has 1 aromatic rings. The third kappa shape index (κ3) is 5.80. The molecule has 0 saturated carbocycles. The van der Waals surface area contributed by atoms with Crippen molar-refractivity contribution in [3.05, 3.63) is 35.9 Å². The average molecular weight is 449 g/mol. The largest absolute Gasteiger partial charge is 0.480 e. The smallest absolute Gasteiger partial charge is 0.326 e. The fourth-order valence-electron chi connectivity index (χ4n) is 4.66. The van der Waals surface area contributed by atoms with Crippen LogP contribution in [0.25, 0.3) is 0 Å². The Kier molecular flexibility index (Phi) is 8.00. The molecular formula is C23H32N2O5S. The molecule has 7 nitrogen and oxygen atoms in total. The van der Waals surface area contributed by atoms with Crippen LogP contribution in [-0.4, -0.2) is 71.1 Å². The Morgan fingerprint density at radius 3 is 2.55 bits per heavy atom. The molecule has 0 bridgehead atoms. The summed E-state index contributed by atoms with van der Waals surface area (Å²) in [4.78, 5) is 39.0. The van der Waals surface area contributed by atoms with Crippen LogP contribution >= 0.6 is 11.8 Å². The molecule has 1 aromatic carbocycles. The number of methoxy groups -OCH3 is 1. The quantitative estimate of drug-likeness (QED) is 0.589. The summed E-state index contributed by atoms with van der Waals surface area (Å²) >= 11 is 1.88. The standard InChI is InChI=1S/C23H32N2O5S/c1-16(24-18(22(29)30-2)9-8-17-6-4-3-5-7-17)20(26)25-15-23(10-12-31-13-11-23)14-19(25)21(27)28/h3-7,16,18-19,24H,8-15H2,1-2H3,(H,27,28)/t16-,18?,19-/m0/s1. The number of nitrogens with zero attached hydrogens (tertiary/aromatic N) is 1. The van der Waals surface area contributed by atoms with Crippen LogP contribution in [0.1, 0.15) is 38.2 Å². The van der Waals surface area contributed by atoms with E-state index in [-0.39, 0.29) is 11.3 Å². The lowest BCUT2D eigenvalue weighted by atomic mass is 9.80. The second-order valence-electron chi connectivity index (χ2n) is 8.63. The minimum atomic E-state index is -0.954. The van der Waals surface area contributed by atoms with Gasteiger partial charge >= 0.3 is 11.9 Å². The molecule has 1 unspecified atom stereocenters. The average Bonchev–Trinajstić information content (AvgIpc) is 3.15. The zero-order valence-electron chi connectivity index (χ0n) is 18.2. The lowest BCUT2D eigenvalue weighted by Gasteiger charge is -2.33. The Hall–Kier alpha value is -2.06. The van der Waals surface area contributed by atoms with Crippen molar-refractivity contribution in [1.29, 1.82) is 0 Å². The number of carboxylic acid groups (broad SMARTS) is 1. The molecule has 1 spiro atoms. The number of benzene rings is 1. The SMILES string of the molecule is COC(=O)C(CCc1ccccc1)N[C@@H](C)C(=O)N1CC2(CCSCC2)C[C@H]1C(=O)O. The Bertz CT molecular complexity index is 781. The number of carbonyl (C=O) groups excluding carboxylic acids is 2. The first-order valence-electron chi connectivity index (χ1n) is 10.8. The summed E-state index contributed by atoms with van der Waals surface area (Å²) in [6.45, 7) is 2.17. The van der Waals surface area contributed by atoms with Crippen LogP contribution < -0.4 is 5.32 Å². The number of aryl methyl sites for hydroxylation is 1. The van der Waals surface area contributed by atoms with Crippen LogP contribution in [0.4, 0.5) is 0 Å². The number of amides is 1. The van der Waals surface area contributed by atoms with Gasteiger partial charge in [0.2, 0.25) is 5.91 Å². The molecule has 2 heterocycles. The number of carboxylic acids is 1. The molecule has 0 radical (unpaired) electrons. The zero-order chi connectivity index (χ0) is 22.4. The van der Waals surface area contributed by atoms with E-state index in [1.165, 1.54) is 12.0 Å². The highest BCUT2D eigenvalue weighted by Gasteiger charge is 2.49. The number of ether oxygens (including phenoxy) is 1. The summed E-state index contributed by atoms with van der Waals surface area (Å²) in [6, 6.07) is 7.68. The van der Waals surface area contributed by atoms with E-state index in [2.05, 4.69) is 5.32 Å². The third-order valence-corrected chi connectivity index (χ3v) is 7.49. The van der Waals surface area contributed by atoms with Gasteiger partial charge in [-0.2, -0.15) is 11.8 Å². The Balaban J connectivity index is 1.67. The summed E-state index contributed by atoms with van der Waals surface area (Å²) in [5.41, 5.74) is 0.999. The summed E-state index contributed by atoms with van der Waals surface area (Å²) in [5.74, 6) is 0.367. The molecule has 0 aliphatic carbocycles. The van der Waals surface area contributed by atoms with E-state index in [0.717, 1.165) is 29.9 Å². The fourth-order valence-corrected chi connectivity index (χ4v) is 6.02.